The summed E-state index contributed by atoms with van der Waals surface area (Å²) in [6, 6.07) is 7.05. The number of amides is 2. The van der Waals surface area contributed by atoms with Crippen molar-refractivity contribution in [3.63, 3.8) is 0 Å². The lowest BCUT2D eigenvalue weighted by atomic mass is 9.85. The SMILES string of the molecule is COCCNC(=O)c1ccccc1NC(=O)C1CCC1. The first kappa shape index (κ1) is 14.5. The molecule has 108 valence electrons. The molecule has 1 aromatic rings. The number of para-hydroxylation sites is 1. The minimum atomic E-state index is -0.202. The Morgan fingerprint density at radius 2 is 2.05 bits per heavy atom. The van der Waals surface area contributed by atoms with E-state index in [2.05, 4.69) is 10.6 Å². The maximum absolute atomic E-state index is 12.1. The van der Waals surface area contributed by atoms with Gasteiger partial charge in [-0.05, 0) is 25.0 Å². The third-order valence-electron chi connectivity index (χ3n) is 3.50. The standard InChI is InChI=1S/C15H20N2O3/c1-20-10-9-16-15(19)12-7-2-3-8-13(12)17-14(18)11-5-4-6-11/h2-3,7-8,11H,4-6,9-10H2,1H3,(H,16,19)(H,17,18). The second-order valence-electron chi connectivity index (χ2n) is 4.91. The molecule has 0 atom stereocenters. The highest BCUT2D eigenvalue weighted by atomic mass is 16.5. The van der Waals surface area contributed by atoms with Gasteiger partial charge in [0, 0.05) is 19.6 Å². The van der Waals surface area contributed by atoms with Crippen molar-refractivity contribution in [1.29, 1.82) is 0 Å². The van der Waals surface area contributed by atoms with Crippen LogP contribution in [0.15, 0.2) is 24.3 Å². The summed E-state index contributed by atoms with van der Waals surface area (Å²) in [7, 11) is 1.58. The summed E-state index contributed by atoms with van der Waals surface area (Å²) < 4.78 is 4.89. The van der Waals surface area contributed by atoms with E-state index >= 15 is 0 Å². The average molecular weight is 276 g/mol. The second kappa shape index (κ2) is 7.05. The predicted octanol–water partition coefficient (Wildman–Crippen LogP) is 1.80. The topological polar surface area (TPSA) is 67.4 Å². The summed E-state index contributed by atoms with van der Waals surface area (Å²) in [5, 5.41) is 5.61. The zero-order valence-corrected chi connectivity index (χ0v) is 11.6. The lowest BCUT2D eigenvalue weighted by Crippen LogP contribution is -2.31. The molecule has 0 saturated heterocycles. The molecule has 0 heterocycles. The van der Waals surface area contributed by atoms with E-state index < -0.39 is 0 Å². The van der Waals surface area contributed by atoms with Gasteiger partial charge in [0.15, 0.2) is 0 Å². The van der Waals surface area contributed by atoms with E-state index in [4.69, 9.17) is 4.74 Å². The van der Waals surface area contributed by atoms with Crippen LogP contribution in [0.3, 0.4) is 0 Å². The van der Waals surface area contributed by atoms with Crippen LogP contribution in [0, 0.1) is 5.92 Å². The van der Waals surface area contributed by atoms with Gasteiger partial charge in [0.05, 0.1) is 17.9 Å². The van der Waals surface area contributed by atoms with Crippen LogP contribution in [0.1, 0.15) is 29.6 Å². The Labute approximate surface area is 118 Å². The van der Waals surface area contributed by atoms with Crippen molar-refractivity contribution in [3.8, 4) is 0 Å². The minimum Gasteiger partial charge on any atom is -0.383 e. The van der Waals surface area contributed by atoms with Gasteiger partial charge in [0.2, 0.25) is 5.91 Å². The van der Waals surface area contributed by atoms with Crippen molar-refractivity contribution >= 4 is 17.5 Å². The van der Waals surface area contributed by atoms with Gasteiger partial charge >= 0.3 is 0 Å². The highest BCUT2D eigenvalue weighted by Gasteiger charge is 2.26. The van der Waals surface area contributed by atoms with Crippen LogP contribution in [-0.2, 0) is 9.53 Å². The Morgan fingerprint density at radius 1 is 1.30 bits per heavy atom. The van der Waals surface area contributed by atoms with Crippen molar-refractivity contribution in [2.45, 2.75) is 19.3 Å². The molecule has 5 heteroatoms. The molecule has 0 aromatic heterocycles. The van der Waals surface area contributed by atoms with E-state index in [1.165, 1.54) is 0 Å². The monoisotopic (exact) mass is 276 g/mol. The molecule has 5 nitrogen and oxygen atoms in total. The first-order valence-electron chi connectivity index (χ1n) is 6.89. The maximum Gasteiger partial charge on any atom is 0.253 e. The number of rotatable bonds is 6. The van der Waals surface area contributed by atoms with E-state index in [1.54, 1.807) is 25.3 Å². The number of hydrogen-bond acceptors (Lipinski definition) is 3. The van der Waals surface area contributed by atoms with Crippen LogP contribution >= 0.6 is 0 Å². The van der Waals surface area contributed by atoms with Gasteiger partial charge in [-0.25, -0.2) is 0 Å². The van der Waals surface area contributed by atoms with Crippen molar-refractivity contribution in [2.24, 2.45) is 5.92 Å². The molecule has 0 unspecified atom stereocenters. The number of anilines is 1. The molecule has 20 heavy (non-hydrogen) atoms. The van der Waals surface area contributed by atoms with Crippen LogP contribution in [0.4, 0.5) is 5.69 Å². The molecule has 0 radical (unpaired) electrons. The van der Waals surface area contributed by atoms with Crippen LogP contribution < -0.4 is 10.6 Å². The summed E-state index contributed by atoms with van der Waals surface area (Å²) in [6.07, 6.45) is 2.99. The average Bonchev–Trinajstić information content (AvgIpc) is 2.37. The number of methoxy groups -OCH3 is 1. The Kier molecular flexibility index (Phi) is 5.12. The van der Waals surface area contributed by atoms with Crippen molar-refractivity contribution in [3.05, 3.63) is 29.8 Å². The molecule has 1 aliphatic rings. The number of nitrogens with one attached hydrogen (secondary N) is 2. The molecule has 2 rings (SSSR count). The number of hydrogen-bond donors (Lipinski definition) is 2. The molecule has 0 spiro atoms. The molecule has 0 bridgehead atoms. The van der Waals surface area contributed by atoms with Crippen LogP contribution in [0.5, 0.6) is 0 Å². The summed E-state index contributed by atoms with van der Waals surface area (Å²) in [4.78, 5) is 24.0. The van der Waals surface area contributed by atoms with Gasteiger partial charge in [0.25, 0.3) is 5.91 Å². The van der Waals surface area contributed by atoms with Gasteiger partial charge in [-0.15, -0.1) is 0 Å². The van der Waals surface area contributed by atoms with Gasteiger partial charge in [-0.1, -0.05) is 18.6 Å². The number of ether oxygens (including phenoxy) is 1. The molecular weight excluding hydrogens is 256 g/mol. The van der Waals surface area contributed by atoms with E-state index in [1.807, 2.05) is 6.07 Å². The fourth-order valence-electron chi connectivity index (χ4n) is 2.06. The molecule has 2 N–H and O–H groups in total. The maximum atomic E-state index is 12.1. The Bertz CT molecular complexity index is 484. The smallest absolute Gasteiger partial charge is 0.253 e. The zero-order valence-electron chi connectivity index (χ0n) is 11.6. The first-order chi connectivity index (χ1) is 9.72. The Hall–Kier alpha value is -1.88. The number of carbonyl (C=O) groups excluding carboxylic acids is 2. The van der Waals surface area contributed by atoms with Crippen LogP contribution in [0.25, 0.3) is 0 Å². The van der Waals surface area contributed by atoms with Crippen molar-refractivity contribution < 1.29 is 14.3 Å². The quantitative estimate of drug-likeness (QED) is 0.779. The van der Waals surface area contributed by atoms with Gasteiger partial charge in [-0.2, -0.15) is 0 Å². The highest BCUT2D eigenvalue weighted by molar-refractivity contribution is 6.04. The van der Waals surface area contributed by atoms with Crippen molar-refractivity contribution in [2.75, 3.05) is 25.6 Å². The van der Waals surface area contributed by atoms with Gasteiger partial charge in [-0.3, -0.25) is 9.59 Å². The summed E-state index contributed by atoms with van der Waals surface area (Å²) >= 11 is 0. The number of carbonyl (C=O) groups is 2. The number of benzene rings is 1. The molecule has 1 fully saturated rings. The third-order valence-corrected chi connectivity index (χ3v) is 3.50. The lowest BCUT2D eigenvalue weighted by Gasteiger charge is -2.24. The van der Waals surface area contributed by atoms with E-state index in [-0.39, 0.29) is 17.7 Å². The van der Waals surface area contributed by atoms with Crippen LogP contribution in [-0.4, -0.2) is 32.1 Å². The minimum absolute atomic E-state index is 0.00777. The summed E-state index contributed by atoms with van der Waals surface area (Å²) in [6.45, 7) is 0.905. The fraction of sp³-hybridized carbons (Fsp3) is 0.467. The molecule has 1 aromatic carbocycles. The van der Waals surface area contributed by atoms with Gasteiger partial charge in [0.1, 0.15) is 0 Å². The Morgan fingerprint density at radius 3 is 2.70 bits per heavy atom. The summed E-state index contributed by atoms with van der Waals surface area (Å²) in [5.41, 5.74) is 1.05. The lowest BCUT2D eigenvalue weighted by molar-refractivity contribution is -0.122. The zero-order chi connectivity index (χ0) is 14.4. The molecule has 0 aliphatic heterocycles. The molecule has 1 saturated carbocycles. The van der Waals surface area contributed by atoms with Crippen molar-refractivity contribution in [1.82, 2.24) is 5.32 Å². The molecule has 2 amide bonds. The highest BCUT2D eigenvalue weighted by Crippen LogP contribution is 2.28. The molecule has 1 aliphatic carbocycles. The van der Waals surface area contributed by atoms with Crippen LogP contribution in [0.2, 0.25) is 0 Å². The molecular formula is C15H20N2O3. The summed E-state index contributed by atoms with van der Waals surface area (Å²) in [5.74, 6) is -0.0976. The third kappa shape index (κ3) is 3.57. The Balaban J connectivity index is 2.01. The van der Waals surface area contributed by atoms with Gasteiger partial charge < -0.3 is 15.4 Å². The normalized spacial score (nSPS) is 14.4. The van der Waals surface area contributed by atoms with E-state index in [0.717, 1.165) is 19.3 Å². The largest absolute Gasteiger partial charge is 0.383 e. The van der Waals surface area contributed by atoms with E-state index in [0.29, 0.717) is 24.4 Å². The second-order valence-corrected chi connectivity index (χ2v) is 4.91. The fourth-order valence-corrected chi connectivity index (χ4v) is 2.06. The van der Waals surface area contributed by atoms with E-state index in [9.17, 15) is 9.59 Å². The first-order valence-corrected chi connectivity index (χ1v) is 6.89. The predicted molar refractivity (Wildman–Crippen MR) is 76.6 cm³/mol.